The third kappa shape index (κ3) is 1.52. The molecule has 0 unspecified atom stereocenters. The van der Waals surface area contributed by atoms with E-state index in [1.54, 1.807) is 0 Å². The number of hydrogen-bond acceptors (Lipinski definition) is 2. The van der Waals surface area contributed by atoms with Gasteiger partial charge in [-0.15, -0.1) is 0 Å². The first kappa shape index (κ1) is 7.47. The highest BCUT2D eigenvalue weighted by molar-refractivity contribution is 5.17. The maximum Gasteiger partial charge on any atom is 0.0995 e. The highest BCUT2D eigenvalue weighted by atomic mass is 15.1. The molecule has 1 aliphatic carbocycles. The average molecular weight is 162 g/mol. The van der Waals surface area contributed by atoms with Crippen molar-refractivity contribution < 1.29 is 0 Å². The fourth-order valence-corrected chi connectivity index (χ4v) is 1.70. The van der Waals surface area contributed by atoms with Crippen LogP contribution in [-0.2, 0) is 0 Å². The Morgan fingerprint density at radius 2 is 2.17 bits per heavy atom. The molecule has 0 amide bonds. The summed E-state index contributed by atoms with van der Waals surface area (Å²) >= 11 is 0. The van der Waals surface area contributed by atoms with Crippen molar-refractivity contribution in [1.82, 2.24) is 10.6 Å². The lowest BCUT2D eigenvalue weighted by atomic mass is 10.0. The van der Waals surface area contributed by atoms with Gasteiger partial charge in [0.25, 0.3) is 0 Å². The molecule has 2 N–H and O–H groups in total. The van der Waals surface area contributed by atoms with Crippen molar-refractivity contribution in [2.24, 2.45) is 5.92 Å². The Hall–Kier alpha value is -1.18. The fraction of sp³-hybridized carbons (Fsp3) is 0.400. The second kappa shape index (κ2) is 3.05. The average Bonchev–Trinajstić information content (AvgIpc) is 2.63. The maximum atomic E-state index is 3.79. The van der Waals surface area contributed by atoms with Crippen LogP contribution in [0.3, 0.4) is 0 Å². The summed E-state index contributed by atoms with van der Waals surface area (Å²) in [5.41, 5.74) is 1.27. The molecule has 0 aromatic carbocycles. The molecule has 0 saturated heterocycles. The minimum atomic E-state index is 0.802. The summed E-state index contributed by atoms with van der Waals surface area (Å²) < 4.78 is 0. The van der Waals surface area contributed by atoms with E-state index in [0.717, 1.165) is 18.2 Å². The topological polar surface area (TPSA) is 24.1 Å². The van der Waals surface area contributed by atoms with Crippen molar-refractivity contribution in [3.05, 3.63) is 36.4 Å². The third-order valence-electron chi connectivity index (χ3n) is 2.35. The van der Waals surface area contributed by atoms with Gasteiger partial charge in [-0.05, 0) is 25.2 Å². The van der Waals surface area contributed by atoms with Crippen molar-refractivity contribution >= 4 is 0 Å². The van der Waals surface area contributed by atoms with E-state index in [4.69, 9.17) is 0 Å². The van der Waals surface area contributed by atoms with Crippen LogP contribution in [0.15, 0.2) is 36.4 Å². The zero-order chi connectivity index (χ0) is 8.39. The van der Waals surface area contributed by atoms with Crippen molar-refractivity contribution in [1.29, 1.82) is 0 Å². The van der Waals surface area contributed by atoms with Gasteiger partial charge in [-0.1, -0.05) is 18.7 Å². The predicted molar refractivity (Wildman–Crippen MR) is 50.0 cm³/mol. The molecule has 0 aromatic heterocycles. The predicted octanol–water partition coefficient (Wildman–Crippen LogP) is 1.85. The summed E-state index contributed by atoms with van der Waals surface area (Å²) in [6.45, 7) is 3.79. The van der Waals surface area contributed by atoms with Gasteiger partial charge in [0.1, 0.15) is 0 Å². The van der Waals surface area contributed by atoms with Gasteiger partial charge >= 0.3 is 0 Å². The number of rotatable bonds is 2. The molecule has 0 spiro atoms. The lowest BCUT2D eigenvalue weighted by molar-refractivity contribution is 0.553. The van der Waals surface area contributed by atoms with Gasteiger partial charge in [-0.25, -0.2) is 0 Å². The first-order valence-corrected chi connectivity index (χ1v) is 4.41. The van der Waals surface area contributed by atoms with Gasteiger partial charge in [0, 0.05) is 11.9 Å². The molecule has 0 radical (unpaired) electrons. The van der Waals surface area contributed by atoms with Crippen LogP contribution in [0, 0.1) is 5.92 Å². The van der Waals surface area contributed by atoms with Crippen LogP contribution in [-0.4, -0.2) is 0 Å². The second-order valence-electron chi connectivity index (χ2n) is 3.43. The van der Waals surface area contributed by atoms with Crippen LogP contribution < -0.4 is 10.6 Å². The Balaban J connectivity index is 1.83. The summed E-state index contributed by atoms with van der Waals surface area (Å²) in [4.78, 5) is 0. The summed E-state index contributed by atoms with van der Waals surface area (Å²) in [6.07, 6.45) is 10.1. The van der Waals surface area contributed by atoms with Crippen molar-refractivity contribution in [3.63, 3.8) is 0 Å². The van der Waals surface area contributed by atoms with E-state index in [1.165, 1.54) is 18.5 Å². The molecule has 0 bridgehead atoms. The zero-order valence-corrected chi connectivity index (χ0v) is 7.14. The molecule has 1 heterocycles. The van der Waals surface area contributed by atoms with Crippen molar-refractivity contribution in [2.45, 2.75) is 19.3 Å². The van der Waals surface area contributed by atoms with Crippen LogP contribution in [0.2, 0.25) is 0 Å². The maximum absolute atomic E-state index is 3.79. The Bertz CT molecular complexity index is 243. The molecule has 12 heavy (non-hydrogen) atoms. The summed E-state index contributed by atoms with van der Waals surface area (Å²) in [7, 11) is 0. The highest BCUT2D eigenvalue weighted by Gasteiger charge is 2.14. The van der Waals surface area contributed by atoms with E-state index in [0.29, 0.717) is 0 Å². The van der Waals surface area contributed by atoms with Crippen LogP contribution in [0.25, 0.3) is 0 Å². The summed E-state index contributed by atoms with van der Waals surface area (Å²) in [6, 6.07) is 0. The number of nitrogens with one attached hydrogen (secondary N) is 2. The number of allylic oxidation sites excluding steroid dienone is 3. The molecule has 2 aliphatic rings. The minimum absolute atomic E-state index is 0.802. The Morgan fingerprint density at radius 1 is 1.42 bits per heavy atom. The lowest BCUT2D eigenvalue weighted by Gasteiger charge is -2.09. The standard InChI is InChI=1S/C10H14N2/c1-8-11-7-10(12-8)6-9-4-2-3-5-9/h2-3,7,9,11-12H,1,4-6H2. The first-order valence-electron chi connectivity index (χ1n) is 4.41. The SMILES string of the molecule is C=C1NC=C(CC2CC=CC2)N1. The van der Waals surface area contributed by atoms with Crippen LogP contribution in [0.5, 0.6) is 0 Å². The van der Waals surface area contributed by atoms with Crippen LogP contribution >= 0.6 is 0 Å². The quantitative estimate of drug-likeness (QED) is 0.605. The second-order valence-corrected chi connectivity index (χ2v) is 3.43. The molecule has 0 saturated carbocycles. The third-order valence-corrected chi connectivity index (χ3v) is 2.35. The highest BCUT2D eigenvalue weighted by Crippen LogP contribution is 2.24. The summed E-state index contributed by atoms with van der Waals surface area (Å²) in [5.74, 6) is 1.70. The molecule has 2 heteroatoms. The lowest BCUT2D eigenvalue weighted by Crippen LogP contribution is -2.12. The normalized spacial score (nSPS) is 22.3. The van der Waals surface area contributed by atoms with Gasteiger partial charge in [0.05, 0.1) is 5.82 Å². The molecule has 0 aromatic rings. The van der Waals surface area contributed by atoms with Crippen LogP contribution in [0.4, 0.5) is 0 Å². The number of hydrogen-bond donors (Lipinski definition) is 2. The summed E-state index contributed by atoms with van der Waals surface area (Å²) in [5, 5.41) is 6.26. The van der Waals surface area contributed by atoms with E-state index in [1.807, 2.05) is 6.20 Å². The van der Waals surface area contributed by atoms with Crippen LogP contribution in [0.1, 0.15) is 19.3 Å². The molecular formula is C10H14N2. The van der Waals surface area contributed by atoms with Gasteiger partial charge < -0.3 is 10.6 Å². The van der Waals surface area contributed by atoms with Gasteiger partial charge in [-0.2, -0.15) is 0 Å². The zero-order valence-electron chi connectivity index (χ0n) is 7.14. The molecule has 1 aliphatic heterocycles. The van der Waals surface area contributed by atoms with Gasteiger partial charge in [-0.3, -0.25) is 0 Å². The van der Waals surface area contributed by atoms with E-state index in [9.17, 15) is 0 Å². The monoisotopic (exact) mass is 162 g/mol. The molecule has 0 atom stereocenters. The molecular weight excluding hydrogens is 148 g/mol. The molecule has 2 rings (SSSR count). The fourth-order valence-electron chi connectivity index (χ4n) is 1.70. The van der Waals surface area contributed by atoms with Gasteiger partial charge in [0.15, 0.2) is 0 Å². The molecule has 64 valence electrons. The molecule has 0 fully saturated rings. The first-order chi connectivity index (χ1) is 5.84. The van der Waals surface area contributed by atoms with E-state index < -0.39 is 0 Å². The van der Waals surface area contributed by atoms with E-state index in [-0.39, 0.29) is 0 Å². The van der Waals surface area contributed by atoms with Gasteiger partial charge in [0.2, 0.25) is 0 Å². The Morgan fingerprint density at radius 3 is 2.75 bits per heavy atom. The largest absolute Gasteiger partial charge is 0.347 e. The minimum Gasteiger partial charge on any atom is -0.347 e. The Labute approximate surface area is 73.0 Å². The van der Waals surface area contributed by atoms with E-state index in [2.05, 4.69) is 29.4 Å². The van der Waals surface area contributed by atoms with Crippen molar-refractivity contribution in [2.75, 3.05) is 0 Å². The van der Waals surface area contributed by atoms with E-state index >= 15 is 0 Å². The Kier molecular flexibility index (Phi) is 1.90. The smallest absolute Gasteiger partial charge is 0.0995 e. The molecule has 2 nitrogen and oxygen atoms in total. The van der Waals surface area contributed by atoms with Crippen molar-refractivity contribution in [3.8, 4) is 0 Å².